The number of fused-ring (bicyclic) bond motifs is 1. The third-order valence-electron chi connectivity index (χ3n) is 2.58. The third-order valence-corrected chi connectivity index (χ3v) is 2.58. The van der Waals surface area contributed by atoms with Crippen LogP contribution in [0.25, 0.3) is 0 Å². The predicted molar refractivity (Wildman–Crippen MR) is 68.2 cm³/mol. The van der Waals surface area contributed by atoms with Gasteiger partial charge in [-0.1, -0.05) is 0 Å². The van der Waals surface area contributed by atoms with E-state index in [0.29, 0.717) is 62.4 Å². The second-order valence-corrected chi connectivity index (χ2v) is 3.92. The Labute approximate surface area is 111 Å². The fourth-order valence-electron chi connectivity index (χ4n) is 1.64. The van der Waals surface area contributed by atoms with Gasteiger partial charge in [-0.05, 0) is 0 Å². The van der Waals surface area contributed by atoms with E-state index in [4.69, 9.17) is 29.9 Å². The Balaban J connectivity index is 2.18. The number of benzene rings is 1. The van der Waals surface area contributed by atoms with Crippen LogP contribution in [-0.4, -0.2) is 39.6 Å². The first-order valence-electron chi connectivity index (χ1n) is 6.06. The summed E-state index contributed by atoms with van der Waals surface area (Å²) in [6.07, 6.45) is 0. The van der Waals surface area contributed by atoms with Gasteiger partial charge in [0.1, 0.15) is 19.3 Å². The minimum atomic E-state index is 0.367. The lowest BCUT2D eigenvalue weighted by Crippen LogP contribution is -2.16. The van der Waals surface area contributed by atoms with Crippen molar-refractivity contribution in [1.29, 1.82) is 5.26 Å². The summed E-state index contributed by atoms with van der Waals surface area (Å²) in [6, 6.07) is 5.19. The van der Waals surface area contributed by atoms with Crippen molar-refractivity contribution < 1.29 is 18.9 Å². The molecule has 102 valence electrons. The highest BCUT2D eigenvalue weighted by Gasteiger charge is 2.11. The van der Waals surface area contributed by atoms with Crippen LogP contribution in [-0.2, 0) is 9.47 Å². The van der Waals surface area contributed by atoms with Crippen LogP contribution >= 0.6 is 0 Å². The smallest absolute Gasteiger partial charge is 0.163 e. The average Bonchev–Trinajstić information content (AvgIpc) is 2.40. The molecule has 19 heavy (non-hydrogen) atoms. The molecule has 0 atom stereocenters. The van der Waals surface area contributed by atoms with Crippen LogP contribution in [0.15, 0.2) is 12.1 Å². The number of nitrogens with two attached hydrogens (primary N) is 1. The van der Waals surface area contributed by atoms with E-state index in [-0.39, 0.29) is 0 Å². The second-order valence-electron chi connectivity index (χ2n) is 3.92. The van der Waals surface area contributed by atoms with Crippen LogP contribution in [0.3, 0.4) is 0 Å². The molecule has 0 unspecified atom stereocenters. The topological polar surface area (TPSA) is 86.7 Å². The number of nitrogens with zero attached hydrogens (tertiary/aromatic N) is 1. The molecule has 0 bridgehead atoms. The summed E-state index contributed by atoms with van der Waals surface area (Å²) >= 11 is 0. The molecule has 0 spiro atoms. The second kappa shape index (κ2) is 6.83. The van der Waals surface area contributed by atoms with Gasteiger partial charge >= 0.3 is 0 Å². The van der Waals surface area contributed by atoms with Crippen LogP contribution in [0, 0.1) is 11.3 Å². The molecule has 1 aromatic carbocycles. The molecular weight excluding hydrogens is 248 g/mol. The number of anilines is 1. The molecule has 2 N–H and O–H groups in total. The van der Waals surface area contributed by atoms with E-state index >= 15 is 0 Å². The van der Waals surface area contributed by atoms with Gasteiger partial charge in [0, 0.05) is 12.1 Å². The average molecular weight is 264 g/mol. The lowest BCUT2D eigenvalue weighted by molar-refractivity contribution is 0.0223. The fraction of sp³-hybridized carbons (Fsp3) is 0.462. The zero-order valence-corrected chi connectivity index (χ0v) is 10.6. The van der Waals surface area contributed by atoms with Gasteiger partial charge in [-0.2, -0.15) is 5.26 Å². The standard InChI is InChI=1S/C13H16N2O4/c14-9-10-7-12-13(8-11(10)15)19-6-4-17-2-1-16-3-5-18-12/h7-8H,1-6,15H2. The molecule has 0 saturated heterocycles. The molecule has 6 nitrogen and oxygen atoms in total. The molecule has 1 aliphatic rings. The van der Waals surface area contributed by atoms with Gasteiger partial charge in [-0.3, -0.25) is 0 Å². The normalized spacial score (nSPS) is 16.8. The number of hydrogen-bond donors (Lipinski definition) is 1. The maximum Gasteiger partial charge on any atom is 0.163 e. The summed E-state index contributed by atoms with van der Waals surface area (Å²) in [5.74, 6) is 1.01. The number of nitrogen functional groups attached to an aromatic ring is 1. The van der Waals surface area contributed by atoms with Crippen molar-refractivity contribution in [3.05, 3.63) is 17.7 Å². The molecule has 2 rings (SSSR count). The summed E-state index contributed by atoms with van der Waals surface area (Å²) < 4.78 is 21.8. The summed E-state index contributed by atoms with van der Waals surface area (Å²) in [7, 11) is 0. The van der Waals surface area contributed by atoms with Crippen molar-refractivity contribution in [2.75, 3.05) is 45.4 Å². The van der Waals surface area contributed by atoms with Crippen LogP contribution in [0.1, 0.15) is 5.56 Å². The highest BCUT2D eigenvalue weighted by Crippen LogP contribution is 2.32. The summed E-state index contributed by atoms with van der Waals surface area (Å²) in [4.78, 5) is 0. The van der Waals surface area contributed by atoms with Crippen molar-refractivity contribution in [3.63, 3.8) is 0 Å². The largest absolute Gasteiger partial charge is 0.487 e. The minimum absolute atomic E-state index is 0.367. The predicted octanol–water partition coefficient (Wildman–Crippen LogP) is 0.945. The molecule has 0 aliphatic carbocycles. The molecule has 0 aromatic heterocycles. The summed E-state index contributed by atoms with van der Waals surface area (Å²) in [5, 5.41) is 8.96. The number of rotatable bonds is 0. The summed E-state index contributed by atoms with van der Waals surface area (Å²) in [6.45, 7) is 2.75. The molecule has 1 aliphatic heterocycles. The van der Waals surface area contributed by atoms with Gasteiger partial charge in [0.25, 0.3) is 0 Å². The van der Waals surface area contributed by atoms with Crippen molar-refractivity contribution >= 4 is 5.69 Å². The van der Waals surface area contributed by atoms with Crippen molar-refractivity contribution in [3.8, 4) is 17.6 Å². The zero-order chi connectivity index (χ0) is 13.5. The molecule has 0 saturated carbocycles. The highest BCUT2D eigenvalue weighted by atomic mass is 16.6. The number of ether oxygens (including phenoxy) is 4. The first kappa shape index (κ1) is 13.5. The Bertz CT molecular complexity index is 470. The lowest BCUT2D eigenvalue weighted by atomic mass is 10.2. The van der Waals surface area contributed by atoms with Gasteiger partial charge in [0.05, 0.1) is 37.7 Å². The first-order valence-corrected chi connectivity index (χ1v) is 6.06. The van der Waals surface area contributed by atoms with Gasteiger partial charge in [0.2, 0.25) is 0 Å². The molecule has 1 aromatic rings. The molecule has 1 heterocycles. The van der Waals surface area contributed by atoms with Crippen molar-refractivity contribution in [1.82, 2.24) is 0 Å². The van der Waals surface area contributed by atoms with Crippen molar-refractivity contribution in [2.24, 2.45) is 0 Å². The van der Waals surface area contributed by atoms with E-state index in [0.717, 1.165) is 0 Å². The first-order chi connectivity index (χ1) is 9.31. The number of nitriles is 1. The SMILES string of the molecule is N#Cc1cc2c(cc1N)OCCOCCOCCO2. The Morgan fingerprint density at radius 1 is 0.895 bits per heavy atom. The van der Waals surface area contributed by atoms with Crippen LogP contribution < -0.4 is 15.2 Å². The van der Waals surface area contributed by atoms with Gasteiger partial charge < -0.3 is 24.7 Å². The van der Waals surface area contributed by atoms with Gasteiger partial charge in [-0.25, -0.2) is 0 Å². The molecule has 0 fully saturated rings. The Hall–Kier alpha value is -1.97. The monoisotopic (exact) mass is 264 g/mol. The fourth-order valence-corrected chi connectivity index (χ4v) is 1.64. The Kier molecular flexibility index (Phi) is 4.84. The van der Waals surface area contributed by atoms with Crippen molar-refractivity contribution in [2.45, 2.75) is 0 Å². The van der Waals surface area contributed by atoms with Crippen LogP contribution in [0.4, 0.5) is 5.69 Å². The van der Waals surface area contributed by atoms with E-state index < -0.39 is 0 Å². The third kappa shape index (κ3) is 3.74. The zero-order valence-electron chi connectivity index (χ0n) is 10.6. The van der Waals surface area contributed by atoms with E-state index in [1.807, 2.05) is 6.07 Å². The van der Waals surface area contributed by atoms with E-state index in [2.05, 4.69) is 0 Å². The minimum Gasteiger partial charge on any atom is -0.487 e. The van der Waals surface area contributed by atoms with E-state index in [1.165, 1.54) is 0 Å². The van der Waals surface area contributed by atoms with E-state index in [9.17, 15) is 0 Å². The highest BCUT2D eigenvalue weighted by molar-refractivity contribution is 5.62. The van der Waals surface area contributed by atoms with Crippen LogP contribution in [0.2, 0.25) is 0 Å². The lowest BCUT2D eigenvalue weighted by Gasteiger charge is -2.16. The maximum absolute atomic E-state index is 8.96. The quantitative estimate of drug-likeness (QED) is 0.702. The number of hydrogen-bond acceptors (Lipinski definition) is 6. The maximum atomic E-state index is 8.96. The molecule has 0 radical (unpaired) electrons. The van der Waals surface area contributed by atoms with Gasteiger partial charge in [0.15, 0.2) is 11.5 Å². The van der Waals surface area contributed by atoms with Gasteiger partial charge in [-0.15, -0.1) is 0 Å². The molecule has 0 amide bonds. The summed E-state index contributed by atoms with van der Waals surface area (Å²) in [5.41, 5.74) is 6.49. The molecular formula is C13H16N2O4. The molecule has 6 heteroatoms. The van der Waals surface area contributed by atoms with Crippen LogP contribution in [0.5, 0.6) is 11.5 Å². The Morgan fingerprint density at radius 2 is 1.42 bits per heavy atom. The Morgan fingerprint density at radius 3 is 2.00 bits per heavy atom. The van der Waals surface area contributed by atoms with E-state index in [1.54, 1.807) is 12.1 Å².